The second kappa shape index (κ2) is 5.53. The lowest BCUT2D eigenvalue weighted by atomic mass is 9.75. The molecule has 0 aliphatic heterocycles. The van der Waals surface area contributed by atoms with Crippen LogP contribution in [0, 0.1) is 18.3 Å². The summed E-state index contributed by atoms with van der Waals surface area (Å²) in [4.78, 5) is 0. The van der Waals surface area contributed by atoms with Crippen molar-refractivity contribution in [3.05, 3.63) is 0 Å². The maximum absolute atomic E-state index is 10.1. The lowest BCUT2D eigenvalue weighted by molar-refractivity contribution is -0.145. The van der Waals surface area contributed by atoms with Crippen LogP contribution in [0.4, 0.5) is 0 Å². The standard InChI is InChI=1S/C13H22O2/c1-4-7-12(14)13(15-5-2)9-6-8-11(3)10-13/h1,11-12,14H,5-10H2,2-3H3. The summed E-state index contributed by atoms with van der Waals surface area (Å²) < 4.78 is 5.81. The molecule has 1 aliphatic carbocycles. The summed E-state index contributed by atoms with van der Waals surface area (Å²) in [5, 5.41) is 10.1. The Bertz CT molecular complexity index is 227. The highest BCUT2D eigenvalue weighted by Crippen LogP contribution is 2.38. The number of rotatable bonds is 4. The molecule has 0 saturated heterocycles. The van der Waals surface area contributed by atoms with Crippen LogP contribution in [-0.4, -0.2) is 23.4 Å². The Morgan fingerprint density at radius 1 is 1.67 bits per heavy atom. The van der Waals surface area contributed by atoms with Crippen molar-refractivity contribution in [1.82, 2.24) is 0 Å². The number of ether oxygens (including phenoxy) is 1. The molecule has 0 spiro atoms. The highest BCUT2D eigenvalue weighted by Gasteiger charge is 2.41. The van der Waals surface area contributed by atoms with Crippen molar-refractivity contribution >= 4 is 0 Å². The molecule has 0 aromatic carbocycles. The van der Waals surface area contributed by atoms with E-state index in [0.29, 0.717) is 18.9 Å². The quantitative estimate of drug-likeness (QED) is 0.722. The molecule has 86 valence electrons. The first kappa shape index (κ1) is 12.5. The summed E-state index contributed by atoms with van der Waals surface area (Å²) in [5.41, 5.74) is -0.376. The van der Waals surface area contributed by atoms with Crippen LogP contribution in [-0.2, 0) is 4.74 Å². The number of hydrogen-bond donors (Lipinski definition) is 1. The van der Waals surface area contributed by atoms with Gasteiger partial charge in [0.2, 0.25) is 0 Å². The monoisotopic (exact) mass is 210 g/mol. The predicted molar refractivity (Wildman–Crippen MR) is 61.4 cm³/mol. The van der Waals surface area contributed by atoms with Gasteiger partial charge < -0.3 is 9.84 Å². The third kappa shape index (κ3) is 2.96. The summed E-state index contributed by atoms with van der Waals surface area (Å²) in [6.07, 6.45) is 9.38. The van der Waals surface area contributed by atoms with Gasteiger partial charge in [-0.1, -0.05) is 19.8 Å². The van der Waals surface area contributed by atoms with E-state index in [1.165, 1.54) is 6.42 Å². The van der Waals surface area contributed by atoms with Crippen LogP contribution >= 0.6 is 0 Å². The van der Waals surface area contributed by atoms with Gasteiger partial charge in [0.1, 0.15) is 0 Å². The van der Waals surface area contributed by atoms with Crippen molar-refractivity contribution < 1.29 is 9.84 Å². The van der Waals surface area contributed by atoms with E-state index in [1.807, 2.05) is 6.92 Å². The van der Waals surface area contributed by atoms with Gasteiger partial charge in [0, 0.05) is 13.0 Å². The van der Waals surface area contributed by atoms with E-state index in [-0.39, 0.29) is 5.60 Å². The largest absolute Gasteiger partial charge is 0.389 e. The zero-order chi connectivity index (χ0) is 11.3. The summed E-state index contributed by atoms with van der Waals surface area (Å²) in [6, 6.07) is 0. The van der Waals surface area contributed by atoms with Crippen LogP contribution < -0.4 is 0 Å². The maximum atomic E-state index is 10.1. The number of aliphatic hydroxyl groups excluding tert-OH is 1. The lowest BCUT2D eigenvalue weighted by Crippen LogP contribution is -2.48. The van der Waals surface area contributed by atoms with Gasteiger partial charge in [0.25, 0.3) is 0 Å². The molecule has 2 nitrogen and oxygen atoms in total. The van der Waals surface area contributed by atoms with Gasteiger partial charge in [0.15, 0.2) is 0 Å². The summed E-state index contributed by atoms with van der Waals surface area (Å²) >= 11 is 0. The first-order chi connectivity index (χ1) is 7.14. The van der Waals surface area contributed by atoms with Gasteiger partial charge in [-0.25, -0.2) is 0 Å². The second-order valence-corrected chi connectivity index (χ2v) is 4.62. The fourth-order valence-electron chi connectivity index (χ4n) is 2.66. The van der Waals surface area contributed by atoms with Crippen LogP contribution in [0.5, 0.6) is 0 Å². The highest BCUT2D eigenvalue weighted by molar-refractivity contribution is 4.99. The molecular formula is C13H22O2. The molecule has 1 fully saturated rings. The molecule has 2 heteroatoms. The maximum Gasteiger partial charge on any atom is 0.0951 e. The molecule has 0 aromatic rings. The van der Waals surface area contributed by atoms with Crippen LogP contribution in [0.3, 0.4) is 0 Å². The minimum atomic E-state index is -0.509. The molecule has 1 N–H and O–H groups in total. The average Bonchev–Trinajstić information content (AvgIpc) is 2.18. The minimum absolute atomic E-state index is 0.376. The zero-order valence-electron chi connectivity index (χ0n) is 9.83. The topological polar surface area (TPSA) is 29.5 Å². The Labute approximate surface area is 93.0 Å². The Kier molecular flexibility index (Phi) is 4.63. The molecule has 15 heavy (non-hydrogen) atoms. The molecule has 1 saturated carbocycles. The van der Waals surface area contributed by atoms with Crippen LogP contribution in [0.15, 0.2) is 0 Å². The first-order valence-electron chi connectivity index (χ1n) is 5.90. The van der Waals surface area contributed by atoms with E-state index in [0.717, 1.165) is 19.3 Å². The molecule has 0 aromatic heterocycles. The predicted octanol–water partition coefficient (Wildman–Crippen LogP) is 2.36. The lowest BCUT2D eigenvalue weighted by Gasteiger charge is -2.42. The first-order valence-corrected chi connectivity index (χ1v) is 5.90. The van der Waals surface area contributed by atoms with Gasteiger partial charge in [-0.05, 0) is 25.7 Å². The zero-order valence-corrected chi connectivity index (χ0v) is 9.83. The summed E-state index contributed by atoms with van der Waals surface area (Å²) in [6.45, 7) is 4.84. The van der Waals surface area contributed by atoms with Gasteiger partial charge in [0.05, 0.1) is 11.7 Å². The number of terminal acetylenes is 1. The highest BCUT2D eigenvalue weighted by atomic mass is 16.5. The Hall–Kier alpha value is -0.520. The molecule has 0 bridgehead atoms. The van der Waals surface area contributed by atoms with E-state index in [2.05, 4.69) is 12.8 Å². The molecule has 1 aliphatic rings. The van der Waals surface area contributed by atoms with Crippen LogP contribution in [0.25, 0.3) is 0 Å². The molecule has 0 amide bonds. The fraction of sp³-hybridized carbons (Fsp3) is 0.846. The number of hydrogen-bond acceptors (Lipinski definition) is 2. The van der Waals surface area contributed by atoms with E-state index < -0.39 is 6.10 Å². The fourth-order valence-corrected chi connectivity index (χ4v) is 2.66. The Morgan fingerprint density at radius 2 is 2.40 bits per heavy atom. The van der Waals surface area contributed by atoms with Crippen molar-refractivity contribution in [2.24, 2.45) is 5.92 Å². The van der Waals surface area contributed by atoms with Gasteiger partial charge in [-0.3, -0.25) is 0 Å². The minimum Gasteiger partial charge on any atom is -0.389 e. The number of aliphatic hydroxyl groups is 1. The molecule has 0 radical (unpaired) electrons. The van der Waals surface area contributed by atoms with E-state index in [4.69, 9.17) is 11.2 Å². The van der Waals surface area contributed by atoms with E-state index in [1.54, 1.807) is 0 Å². The van der Waals surface area contributed by atoms with Crippen molar-refractivity contribution in [1.29, 1.82) is 0 Å². The van der Waals surface area contributed by atoms with Crippen molar-refractivity contribution in [3.8, 4) is 12.3 Å². The Balaban J connectivity index is 2.72. The average molecular weight is 210 g/mol. The van der Waals surface area contributed by atoms with Crippen molar-refractivity contribution in [3.63, 3.8) is 0 Å². The molecule has 0 heterocycles. The van der Waals surface area contributed by atoms with E-state index in [9.17, 15) is 5.11 Å². The van der Waals surface area contributed by atoms with Crippen LogP contribution in [0.2, 0.25) is 0 Å². The third-order valence-electron chi connectivity index (χ3n) is 3.34. The molecule has 1 rings (SSSR count). The third-order valence-corrected chi connectivity index (χ3v) is 3.34. The van der Waals surface area contributed by atoms with Crippen molar-refractivity contribution in [2.45, 2.75) is 57.7 Å². The van der Waals surface area contributed by atoms with E-state index >= 15 is 0 Å². The smallest absolute Gasteiger partial charge is 0.0951 e. The normalized spacial score (nSPS) is 33.3. The molecular weight excluding hydrogens is 188 g/mol. The summed E-state index contributed by atoms with van der Waals surface area (Å²) in [7, 11) is 0. The van der Waals surface area contributed by atoms with Gasteiger partial charge in [-0.15, -0.1) is 12.3 Å². The molecule has 3 atom stereocenters. The summed E-state index contributed by atoms with van der Waals surface area (Å²) in [5.74, 6) is 3.16. The van der Waals surface area contributed by atoms with Crippen LogP contribution in [0.1, 0.15) is 46.0 Å². The van der Waals surface area contributed by atoms with Gasteiger partial charge in [-0.2, -0.15) is 0 Å². The second-order valence-electron chi connectivity index (χ2n) is 4.62. The SMILES string of the molecule is C#CCC(O)C1(OCC)CCCC(C)C1. The Morgan fingerprint density at radius 3 is 2.93 bits per heavy atom. The van der Waals surface area contributed by atoms with Crippen molar-refractivity contribution in [2.75, 3.05) is 6.61 Å². The molecule has 3 unspecified atom stereocenters. The van der Waals surface area contributed by atoms with Gasteiger partial charge >= 0.3 is 0 Å².